The molecule has 0 aliphatic carbocycles. The molecule has 0 radical (unpaired) electrons. The van der Waals surface area contributed by atoms with E-state index in [0.29, 0.717) is 37.5 Å². The zero-order chi connectivity index (χ0) is 30.8. The molecule has 2 amide bonds. The van der Waals surface area contributed by atoms with E-state index in [-0.39, 0.29) is 24.1 Å². The van der Waals surface area contributed by atoms with Crippen molar-refractivity contribution in [2.45, 2.75) is 71.6 Å². The molecule has 5 rings (SSSR count). The van der Waals surface area contributed by atoms with E-state index in [1.54, 1.807) is 11.0 Å². The van der Waals surface area contributed by atoms with Crippen LogP contribution in [-0.2, 0) is 39.3 Å². The molecule has 12 heteroatoms. The van der Waals surface area contributed by atoms with Gasteiger partial charge in [-0.05, 0) is 82.5 Å². The average Bonchev–Trinajstić information content (AvgIpc) is 3.23. The van der Waals surface area contributed by atoms with Crippen LogP contribution in [0.25, 0.3) is 0 Å². The number of ether oxygens (including phenoxy) is 2. The molecule has 43 heavy (non-hydrogen) atoms. The van der Waals surface area contributed by atoms with E-state index >= 15 is 4.39 Å². The number of halogens is 1. The Morgan fingerprint density at radius 2 is 1.81 bits per heavy atom. The Morgan fingerprint density at radius 3 is 2.47 bits per heavy atom. The Balaban J connectivity index is 1.23. The van der Waals surface area contributed by atoms with Crippen LogP contribution in [0, 0.1) is 11.7 Å². The lowest BCUT2D eigenvalue weighted by Gasteiger charge is -2.34. The highest BCUT2D eigenvalue weighted by Crippen LogP contribution is 2.40. The molecule has 0 aromatic heterocycles. The van der Waals surface area contributed by atoms with Crippen molar-refractivity contribution in [3.63, 3.8) is 0 Å². The van der Waals surface area contributed by atoms with Crippen LogP contribution in [0.4, 0.5) is 14.9 Å². The molecular weight excluding hydrogens is 575 g/mol. The van der Waals surface area contributed by atoms with Crippen molar-refractivity contribution < 1.29 is 31.9 Å². The summed E-state index contributed by atoms with van der Waals surface area (Å²) in [6.45, 7) is 8.50. The third-order valence-electron chi connectivity index (χ3n) is 8.14. The SMILES string of the molecule is CC(C)(C)OC(=O)N1CCC(CCCN2CCc3cc(OCc4ccccc4)c(N4CC(=O)NS4(=O)=O)c(F)c3C2)CC1. The molecule has 1 N–H and O–H groups in total. The van der Waals surface area contributed by atoms with Crippen molar-refractivity contribution in [1.29, 1.82) is 0 Å². The van der Waals surface area contributed by atoms with E-state index in [2.05, 4.69) is 4.90 Å². The lowest BCUT2D eigenvalue weighted by atomic mass is 9.92. The fraction of sp³-hybridized carbons (Fsp3) is 0.548. The molecule has 2 fully saturated rings. The summed E-state index contributed by atoms with van der Waals surface area (Å²) in [5, 5.41) is 0. The molecule has 0 unspecified atom stereocenters. The van der Waals surface area contributed by atoms with Gasteiger partial charge >= 0.3 is 16.3 Å². The third-order valence-corrected chi connectivity index (χ3v) is 9.52. The lowest BCUT2D eigenvalue weighted by Crippen LogP contribution is -2.41. The van der Waals surface area contributed by atoms with Crippen LogP contribution in [0.2, 0.25) is 0 Å². The van der Waals surface area contributed by atoms with Crippen molar-refractivity contribution in [3.05, 3.63) is 58.9 Å². The summed E-state index contributed by atoms with van der Waals surface area (Å²) >= 11 is 0. The van der Waals surface area contributed by atoms with Crippen molar-refractivity contribution in [1.82, 2.24) is 14.5 Å². The van der Waals surface area contributed by atoms with Gasteiger partial charge in [0, 0.05) is 31.7 Å². The molecule has 3 aliphatic rings. The van der Waals surface area contributed by atoms with Crippen LogP contribution in [-0.4, -0.2) is 68.5 Å². The maximum absolute atomic E-state index is 16.3. The molecule has 2 aromatic rings. The van der Waals surface area contributed by atoms with Gasteiger partial charge in [0.05, 0.1) is 0 Å². The monoisotopic (exact) mass is 616 g/mol. The molecule has 0 bridgehead atoms. The summed E-state index contributed by atoms with van der Waals surface area (Å²) in [6.07, 6.45) is 4.18. The summed E-state index contributed by atoms with van der Waals surface area (Å²) < 4.78 is 55.9. The van der Waals surface area contributed by atoms with Crippen LogP contribution >= 0.6 is 0 Å². The minimum Gasteiger partial charge on any atom is -0.487 e. The van der Waals surface area contributed by atoms with Crippen molar-refractivity contribution in [2.24, 2.45) is 5.92 Å². The number of carbonyl (C=O) groups is 2. The zero-order valence-corrected chi connectivity index (χ0v) is 25.9. The highest BCUT2D eigenvalue weighted by atomic mass is 32.2. The Morgan fingerprint density at radius 1 is 1.09 bits per heavy atom. The van der Waals surface area contributed by atoms with Gasteiger partial charge in [0.1, 0.15) is 30.2 Å². The van der Waals surface area contributed by atoms with E-state index in [9.17, 15) is 18.0 Å². The first kappa shape index (κ1) is 31.1. The Hall–Kier alpha value is -3.38. The van der Waals surface area contributed by atoms with Gasteiger partial charge in [0.2, 0.25) is 0 Å². The second-order valence-electron chi connectivity index (χ2n) is 12.6. The van der Waals surface area contributed by atoms with Crippen LogP contribution < -0.4 is 13.8 Å². The highest BCUT2D eigenvalue weighted by molar-refractivity contribution is 7.92. The summed E-state index contributed by atoms with van der Waals surface area (Å²) in [4.78, 5) is 28.3. The standard InChI is InChI=1S/C31H41FN4O6S/c1-31(2,3)42-30(38)35-16-11-22(12-17-35)10-7-14-34-15-13-24-18-26(41-21-23-8-5-4-6-9-23)29(28(32)25(24)19-34)36-20-27(37)33-43(36,39)40/h4-6,8-9,18,22H,7,10-17,19-21H2,1-3H3,(H,33,37). The van der Waals surface area contributed by atoms with Gasteiger partial charge in [-0.3, -0.25) is 9.69 Å². The van der Waals surface area contributed by atoms with Gasteiger partial charge in [-0.1, -0.05) is 30.3 Å². The maximum Gasteiger partial charge on any atom is 0.410 e. The van der Waals surface area contributed by atoms with Crippen LogP contribution in [0.5, 0.6) is 5.75 Å². The Kier molecular flexibility index (Phi) is 9.17. The second kappa shape index (κ2) is 12.7. The summed E-state index contributed by atoms with van der Waals surface area (Å²) in [6, 6.07) is 11.1. The smallest absolute Gasteiger partial charge is 0.410 e. The van der Waals surface area contributed by atoms with Crippen molar-refractivity contribution in [3.8, 4) is 5.75 Å². The molecule has 0 saturated carbocycles. The normalized spacial score (nSPS) is 19.2. The van der Waals surface area contributed by atoms with Crippen LogP contribution in [0.15, 0.2) is 36.4 Å². The largest absolute Gasteiger partial charge is 0.487 e. The number of nitrogens with zero attached hydrogens (tertiary/aromatic N) is 3. The average molecular weight is 617 g/mol. The summed E-state index contributed by atoms with van der Waals surface area (Å²) in [7, 11) is -4.23. The third kappa shape index (κ3) is 7.59. The molecule has 0 atom stereocenters. The van der Waals surface area contributed by atoms with Crippen molar-refractivity contribution >= 4 is 27.9 Å². The lowest BCUT2D eigenvalue weighted by molar-refractivity contribution is -0.117. The van der Waals surface area contributed by atoms with Crippen molar-refractivity contribution in [2.75, 3.05) is 37.0 Å². The van der Waals surface area contributed by atoms with E-state index in [1.807, 2.05) is 55.8 Å². The van der Waals surface area contributed by atoms with Crippen LogP contribution in [0.3, 0.4) is 0 Å². The number of anilines is 1. The first-order valence-corrected chi connectivity index (χ1v) is 16.4. The molecule has 10 nitrogen and oxygen atoms in total. The molecule has 2 saturated heterocycles. The molecule has 3 aliphatic heterocycles. The van der Waals surface area contributed by atoms with E-state index in [4.69, 9.17) is 9.47 Å². The molecule has 3 heterocycles. The minimum absolute atomic E-state index is 0.103. The number of hydrogen-bond donors (Lipinski definition) is 1. The maximum atomic E-state index is 16.3. The topological polar surface area (TPSA) is 108 Å². The quantitative estimate of drug-likeness (QED) is 0.469. The minimum atomic E-state index is -4.23. The fourth-order valence-corrected chi connectivity index (χ4v) is 7.09. The number of likely N-dealkylation sites (tertiary alicyclic amines) is 1. The number of nitrogens with one attached hydrogen (secondary N) is 1. The number of amides is 2. The zero-order valence-electron chi connectivity index (χ0n) is 25.1. The van der Waals surface area contributed by atoms with Gasteiger partial charge in [-0.2, -0.15) is 8.42 Å². The predicted octanol–water partition coefficient (Wildman–Crippen LogP) is 4.37. The van der Waals surface area contributed by atoms with E-state index < -0.39 is 34.1 Å². The van der Waals surface area contributed by atoms with Crippen LogP contribution in [0.1, 0.15) is 63.1 Å². The first-order valence-electron chi connectivity index (χ1n) is 14.9. The Labute approximate surface area is 253 Å². The number of carbonyl (C=O) groups excluding carboxylic acids is 2. The summed E-state index contributed by atoms with van der Waals surface area (Å²) in [5.74, 6) is -0.760. The number of rotatable bonds is 8. The van der Waals surface area contributed by atoms with Gasteiger partial charge in [0.25, 0.3) is 5.91 Å². The fourth-order valence-electron chi connectivity index (χ4n) is 5.93. The molecule has 2 aromatic carbocycles. The van der Waals surface area contributed by atoms with Gasteiger partial charge in [-0.25, -0.2) is 18.2 Å². The highest BCUT2D eigenvalue weighted by Gasteiger charge is 2.39. The first-order chi connectivity index (χ1) is 20.4. The van der Waals surface area contributed by atoms with Gasteiger partial charge < -0.3 is 14.4 Å². The molecule has 0 spiro atoms. The number of fused-ring (bicyclic) bond motifs is 1. The number of hydrogen-bond acceptors (Lipinski definition) is 7. The number of piperidine rings is 1. The molecule has 234 valence electrons. The van der Waals surface area contributed by atoms with Gasteiger partial charge in [-0.15, -0.1) is 0 Å². The van der Waals surface area contributed by atoms with E-state index in [1.165, 1.54) is 0 Å². The van der Waals surface area contributed by atoms with E-state index in [0.717, 1.165) is 54.2 Å². The molecular formula is C31H41FN4O6S. The second-order valence-corrected chi connectivity index (χ2v) is 14.2. The predicted molar refractivity (Wildman–Crippen MR) is 160 cm³/mol. The van der Waals surface area contributed by atoms with Gasteiger partial charge in [0.15, 0.2) is 5.82 Å². The number of benzene rings is 2. The summed E-state index contributed by atoms with van der Waals surface area (Å²) in [5.41, 5.74) is 1.34. The Bertz CT molecular complexity index is 1440.